The Bertz CT molecular complexity index is 460. The molecule has 1 aromatic carbocycles. The zero-order valence-electron chi connectivity index (χ0n) is 10.8. The lowest BCUT2D eigenvalue weighted by Gasteiger charge is -2.36. The Labute approximate surface area is 133 Å². The topological polar surface area (TPSA) is 32.3 Å². The summed E-state index contributed by atoms with van der Waals surface area (Å²) in [7, 11) is 0. The van der Waals surface area contributed by atoms with Crippen LogP contribution in [0.2, 0.25) is 5.02 Å². The van der Waals surface area contributed by atoms with Crippen LogP contribution >= 0.6 is 39.9 Å². The zero-order valence-corrected chi connectivity index (χ0v) is 14.0. The van der Waals surface area contributed by atoms with Gasteiger partial charge in [-0.1, -0.05) is 11.6 Å². The van der Waals surface area contributed by atoms with E-state index >= 15 is 0 Å². The van der Waals surface area contributed by atoms with Gasteiger partial charge in [-0.3, -0.25) is 4.79 Å². The summed E-state index contributed by atoms with van der Waals surface area (Å²) >= 11 is 9.36. The summed E-state index contributed by atoms with van der Waals surface area (Å²) in [6.45, 7) is 5.62. The van der Waals surface area contributed by atoms with E-state index in [1.54, 1.807) is 12.1 Å². The molecule has 2 unspecified atom stereocenters. The third-order valence-corrected chi connectivity index (χ3v) is 3.93. The van der Waals surface area contributed by atoms with Gasteiger partial charge in [-0.2, -0.15) is 0 Å². The second-order valence-corrected chi connectivity index (χ2v) is 6.09. The highest BCUT2D eigenvalue weighted by Crippen LogP contribution is 2.23. The van der Waals surface area contributed by atoms with Gasteiger partial charge in [0.15, 0.2) is 0 Å². The monoisotopic (exact) mass is 366 g/mol. The third kappa shape index (κ3) is 4.09. The van der Waals surface area contributed by atoms with Crippen molar-refractivity contribution >= 4 is 45.8 Å². The van der Waals surface area contributed by atoms with E-state index < -0.39 is 0 Å². The maximum absolute atomic E-state index is 12.5. The third-order valence-electron chi connectivity index (χ3n) is 3.00. The molecule has 6 heteroatoms. The Kier molecular flexibility index (Phi) is 6.12. The smallest absolute Gasteiger partial charge is 0.255 e. The van der Waals surface area contributed by atoms with Crippen LogP contribution in [0.25, 0.3) is 0 Å². The first-order valence-corrected chi connectivity index (χ1v) is 7.15. The highest BCUT2D eigenvalue weighted by Gasteiger charge is 2.26. The molecule has 106 valence electrons. The second-order valence-electron chi connectivity index (χ2n) is 4.80. The Hall–Kier alpha value is -0.290. The summed E-state index contributed by atoms with van der Waals surface area (Å²) in [5, 5.41) is 3.99. The van der Waals surface area contributed by atoms with Crippen molar-refractivity contribution in [3.05, 3.63) is 33.3 Å². The minimum absolute atomic E-state index is 0. The molecule has 1 N–H and O–H groups in total. The highest BCUT2D eigenvalue weighted by atomic mass is 79.9. The number of amides is 1. The molecule has 1 aliphatic heterocycles. The molecule has 1 amide bonds. The SMILES string of the molecule is CC1CN(C(=O)c2cc(Cl)ccc2Br)CC(C)N1.Cl. The number of piperazine rings is 1. The fourth-order valence-electron chi connectivity index (χ4n) is 2.32. The van der Waals surface area contributed by atoms with E-state index in [0.717, 1.165) is 17.6 Å². The van der Waals surface area contributed by atoms with Gasteiger partial charge in [0.05, 0.1) is 5.56 Å². The quantitative estimate of drug-likeness (QED) is 0.825. The van der Waals surface area contributed by atoms with E-state index in [1.165, 1.54) is 0 Å². The van der Waals surface area contributed by atoms with Crippen LogP contribution in [0.1, 0.15) is 24.2 Å². The number of carbonyl (C=O) groups is 1. The van der Waals surface area contributed by atoms with Gasteiger partial charge in [0, 0.05) is 34.7 Å². The van der Waals surface area contributed by atoms with Crippen LogP contribution < -0.4 is 5.32 Å². The molecule has 1 aliphatic rings. The number of halogens is 3. The van der Waals surface area contributed by atoms with E-state index in [2.05, 4.69) is 35.1 Å². The van der Waals surface area contributed by atoms with Gasteiger partial charge in [0.25, 0.3) is 5.91 Å². The summed E-state index contributed by atoms with van der Waals surface area (Å²) in [4.78, 5) is 14.4. The Balaban J connectivity index is 0.00000180. The molecule has 19 heavy (non-hydrogen) atoms. The van der Waals surface area contributed by atoms with Gasteiger partial charge in [-0.05, 0) is 48.0 Å². The molecular weight excluding hydrogens is 351 g/mol. The summed E-state index contributed by atoms with van der Waals surface area (Å²) < 4.78 is 0.788. The fraction of sp³-hybridized carbons (Fsp3) is 0.462. The fourth-order valence-corrected chi connectivity index (χ4v) is 2.91. The summed E-state index contributed by atoms with van der Waals surface area (Å²) in [5.74, 6) is 0.0320. The lowest BCUT2D eigenvalue weighted by atomic mass is 10.1. The number of carbonyl (C=O) groups excluding carboxylic acids is 1. The predicted molar refractivity (Wildman–Crippen MR) is 84.4 cm³/mol. The van der Waals surface area contributed by atoms with Crippen LogP contribution in [0.4, 0.5) is 0 Å². The van der Waals surface area contributed by atoms with Crippen molar-refractivity contribution in [2.75, 3.05) is 13.1 Å². The number of nitrogens with zero attached hydrogens (tertiary/aromatic N) is 1. The first kappa shape index (κ1) is 16.8. The van der Waals surface area contributed by atoms with E-state index in [-0.39, 0.29) is 18.3 Å². The minimum Gasteiger partial charge on any atom is -0.336 e. The normalized spacial score (nSPS) is 22.8. The van der Waals surface area contributed by atoms with Gasteiger partial charge < -0.3 is 10.2 Å². The first-order valence-electron chi connectivity index (χ1n) is 5.97. The maximum atomic E-state index is 12.5. The zero-order chi connectivity index (χ0) is 13.3. The van der Waals surface area contributed by atoms with Crippen molar-refractivity contribution in [1.82, 2.24) is 10.2 Å². The molecule has 0 spiro atoms. The van der Waals surface area contributed by atoms with Crippen LogP contribution in [-0.4, -0.2) is 36.0 Å². The first-order chi connectivity index (χ1) is 8.47. The molecule has 2 atom stereocenters. The number of hydrogen-bond donors (Lipinski definition) is 1. The van der Waals surface area contributed by atoms with E-state index in [1.807, 2.05) is 11.0 Å². The number of benzene rings is 1. The van der Waals surface area contributed by atoms with Crippen molar-refractivity contribution < 1.29 is 4.79 Å². The number of hydrogen-bond acceptors (Lipinski definition) is 2. The predicted octanol–water partition coefficient (Wildman–Crippen LogP) is 3.35. The highest BCUT2D eigenvalue weighted by molar-refractivity contribution is 9.10. The van der Waals surface area contributed by atoms with Crippen LogP contribution in [0.5, 0.6) is 0 Å². The van der Waals surface area contributed by atoms with Crippen molar-refractivity contribution in [3.63, 3.8) is 0 Å². The van der Waals surface area contributed by atoms with Crippen molar-refractivity contribution in [2.45, 2.75) is 25.9 Å². The number of rotatable bonds is 1. The Morgan fingerprint density at radius 1 is 1.37 bits per heavy atom. The number of nitrogens with one attached hydrogen (secondary N) is 1. The molecule has 1 aromatic rings. The molecule has 1 saturated heterocycles. The van der Waals surface area contributed by atoms with Crippen molar-refractivity contribution in [1.29, 1.82) is 0 Å². The average molecular weight is 368 g/mol. The molecule has 2 rings (SSSR count). The van der Waals surface area contributed by atoms with E-state index in [0.29, 0.717) is 22.7 Å². The van der Waals surface area contributed by atoms with E-state index in [4.69, 9.17) is 11.6 Å². The largest absolute Gasteiger partial charge is 0.336 e. The summed E-state index contributed by atoms with van der Waals surface area (Å²) in [5.41, 5.74) is 0.629. The van der Waals surface area contributed by atoms with Crippen molar-refractivity contribution in [2.24, 2.45) is 0 Å². The summed E-state index contributed by atoms with van der Waals surface area (Å²) in [6.07, 6.45) is 0. The van der Waals surface area contributed by atoms with Gasteiger partial charge in [-0.15, -0.1) is 12.4 Å². The van der Waals surface area contributed by atoms with Gasteiger partial charge >= 0.3 is 0 Å². The molecule has 0 bridgehead atoms. The maximum Gasteiger partial charge on any atom is 0.255 e. The van der Waals surface area contributed by atoms with Gasteiger partial charge in [0.1, 0.15) is 0 Å². The van der Waals surface area contributed by atoms with Crippen molar-refractivity contribution in [3.8, 4) is 0 Å². The average Bonchev–Trinajstić information content (AvgIpc) is 2.30. The van der Waals surface area contributed by atoms with Gasteiger partial charge in [0.2, 0.25) is 0 Å². The lowest BCUT2D eigenvalue weighted by molar-refractivity contribution is 0.0673. The Morgan fingerprint density at radius 2 is 1.95 bits per heavy atom. The molecular formula is C13H17BrCl2N2O. The minimum atomic E-state index is 0. The molecule has 0 aliphatic carbocycles. The van der Waals surface area contributed by atoms with Crippen LogP contribution in [-0.2, 0) is 0 Å². The van der Waals surface area contributed by atoms with E-state index in [9.17, 15) is 4.79 Å². The molecule has 0 aromatic heterocycles. The molecule has 0 saturated carbocycles. The van der Waals surface area contributed by atoms with Crippen LogP contribution in [0.15, 0.2) is 22.7 Å². The standard InChI is InChI=1S/C13H16BrClN2O.ClH/c1-8-6-17(7-9(2)16-8)13(18)11-5-10(15)3-4-12(11)14;/h3-5,8-9,16H,6-7H2,1-2H3;1H. The lowest BCUT2D eigenvalue weighted by Crippen LogP contribution is -2.55. The van der Waals surface area contributed by atoms with Crippen LogP contribution in [0, 0.1) is 0 Å². The molecule has 3 nitrogen and oxygen atoms in total. The molecule has 1 heterocycles. The molecule has 0 radical (unpaired) electrons. The Morgan fingerprint density at radius 3 is 2.53 bits per heavy atom. The summed E-state index contributed by atoms with van der Waals surface area (Å²) in [6, 6.07) is 5.92. The van der Waals surface area contributed by atoms with Gasteiger partial charge in [-0.25, -0.2) is 0 Å². The van der Waals surface area contributed by atoms with Crippen LogP contribution in [0.3, 0.4) is 0 Å². The second kappa shape index (κ2) is 6.93. The molecule has 1 fully saturated rings.